The Morgan fingerprint density at radius 1 is 1.42 bits per heavy atom. The summed E-state index contributed by atoms with van der Waals surface area (Å²) in [6.45, 7) is 5.33. The van der Waals surface area contributed by atoms with Gasteiger partial charge in [-0.1, -0.05) is 13.8 Å². The van der Waals surface area contributed by atoms with Crippen molar-refractivity contribution >= 4 is 27.7 Å². The molecular formula is C14H20BrNO2S. The Balaban J connectivity index is 2.62. The highest BCUT2D eigenvalue weighted by molar-refractivity contribution is 9.10. The molecule has 0 spiro atoms. The van der Waals surface area contributed by atoms with Crippen molar-refractivity contribution in [1.29, 1.82) is 0 Å². The first kappa shape index (κ1) is 15.0. The van der Waals surface area contributed by atoms with E-state index in [0.717, 1.165) is 28.3 Å². The predicted octanol–water partition coefficient (Wildman–Crippen LogP) is 3.75. The lowest BCUT2D eigenvalue weighted by Gasteiger charge is -2.34. The standard InChI is InChI=1S/C14H20BrNO2S/c1-5-16-13-8(2)19-7-9-11(17-3)6-10(15)14(18-4)12(9)13/h6,8,13,16H,5,7H2,1-4H3. The number of benzene rings is 1. The molecule has 2 atom stereocenters. The molecule has 0 saturated heterocycles. The van der Waals surface area contributed by atoms with Crippen molar-refractivity contribution < 1.29 is 9.47 Å². The van der Waals surface area contributed by atoms with Gasteiger partial charge in [-0.25, -0.2) is 0 Å². The highest BCUT2D eigenvalue weighted by Crippen LogP contribution is 2.48. The first-order valence-corrected chi connectivity index (χ1v) is 8.26. The fourth-order valence-corrected chi connectivity index (χ4v) is 4.30. The summed E-state index contributed by atoms with van der Waals surface area (Å²) in [5.74, 6) is 2.82. The first-order valence-electron chi connectivity index (χ1n) is 6.42. The van der Waals surface area contributed by atoms with Crippen molar-refractivity contribution in [2.45, 2.75) is 30.9 Å². The van der Waals surface area contributed by atoms with Crippen molar-refractivity contribution in [2.24, 2.45) is 0 Å². The van der Waals surface area contributed by atoms with Gasteiger partial charge in [0.2, 0.25) is 0 Å². The third-order valence-corrected chi connectivity index (χ3v) is 5.30. The molecule has 106 valence electrons. The normalized spacial score (nSPS) is 21.9. The lowest BCUT2D eigenvalue weighted by atomic mass is 9.96. The van der Waals surface area contributed by atoms with E-state index >= 15 is 0 Å². The summed E-state index contributed by atoms with van der Waals surface area (Å²) in [4.78, 5) is 0. The van der Waals surface area contributed by atoms with Crippen LogP contribution in [0.3, 0.4) is 0 Å². The lowest BCUT2D eigenvalue weighted by molar-refractivity contribution is 0.382. The molecule has 3 nitrogen and oxygen atoms in total. The monoisotopic (exact) mass is 345 g/mol. The molecule has 0 radical (unpaired) electrons. The van der Waals surface area contributed by atoms with Gasteiger partial charge in [-0.05, 0) is 28.5 Å². The molecule has 1 aliphatic heterocycles. The first-order chi connectivity index (χ1) is 9.13. The second kappa shape index (κ2) is 6.37. The van der Waals surface area contributed by atoms with Gasteiger partial charge < -0.3 is 14.8 Å². The Kier molecular flexibility index (Phi) is 5.03. The van der Waals surface area contributed by atoms with Crippen LogP contribution in [0.5, 0.6) is 11.5 Å². The molecule has 1 aromatic carbocycles. The fraction of sp³-hybridized carbons (Fsp3) is 0.571. The van der Waals surface area contributed by atoms with E-state index < -0.39 is 0 Å². The summed E-state index contributed by atoms with van der Waals surface area (Å²) in [6, 6.07) is 2.29. The number of hydrogen-bond donors (Lipinski definition) is 1. The number of nitrogens with one attached hydrogen (secondary N) is 1. The van der Waals surface area contributed by atoms with E-state index in [4.69, 9.17) is 9.47 Å². The summed E-state index contributed by atoms with van der Waals surface area (Å²) in [7, 11) is 3.45. The third-order valence-electron chi connectivity index (χ3n) is 3.46. The van der Waals surface area contributed by atoms with Crippen LogP contribution < -0.4 is 14.8 Å². The molecule has 1 aromatic rings. The van der Waals surface area contributed by atoms with Gasteiger partial charge >= 0.3 is 0 Å². The molecule has 2 rings (SSSR count). The fourth-order valence-electron chi connectivity index (χ4n) is 2.57. The molecule has 0 amide bonds. The van der Waals surface area contributed by atoms with E-state index in [2.05, 4.69) is 35.1 Å². The van der Waals surface area contributed by atoms with Crippen LogP contribution in [0.4, 0.5) is 0 Å². The average molecular weight is 346 g/mol. The Hall–Kier alpha value is -0.390. The Morgan fingerprint density at radius 2 is 2.16 bits per heavy atom. The van der Waals surface area contributed by atoms with E-state index in [1.54, 1.807) is 14.2 Å². The topological polar surface area (TPSA) is 30.5 Å². The number of hydrogen-bond acceptors (Lipinski definition) is 4. The maximum atomic E-state index is 5.62. The van der Waals surface area contributed by atoms with Gasteiger partial charge in [0, 0.05) is 28.2 Å². The van der Waals surface area contributed by atoms with Crippen LogP contribution in [-0.2, 0) is 5.75 Å². The van der Waals surface area contributed by atoms with Crippen molar-refractivity contribution in [2.75, 3.05) is 20.8 Å². The van der Waals surface area contributed by atoms with Gasteiger partial charge in [-0.2, -0.15) is 11.8 Å². The molecule has 2 unspecified atom stereocenters. The van der Waals surface area contributed by atoms with E-state index in [9.17, 15) is 0 Å². The van der Waals surface area contributed by atoms with Gasteiger partial charge in [-0.15, -0.1) is 0 Å². The Bertz CT molecular complexity index is 467. The minimum atomic E-state index is 0.292. The van der Waals surface area contributed by atoms with Gasteiger partial charge in [0.15, 0.2) is 0 Å². The SMILES string of the molecule is CCNC1c2c(c(OC)cc(Br)c2OC)CSC1C. The number of fused-ring (bicyclic) bond motifs is 1. The molecule has 19 heavy (non-hydrogen) atoms. The summed E-state index contributed by atoms with van der Waals surface area (Å²) in [5, 5.41) is 4.08. The van der Waals surface area contributed by atoms with Gasteiger partial charge in [0.05, 0.1) is 18.7 Å². The summed E-state index contributed by atoms with van der Waals surface area (Å²) < 4.78 is 12.1. The predicted molar refractivity (Wildman–Crippen MR) is 84.4 cm³/mol. The van der Waals surface area contributed by atoms with E-state index in [1.165, 1.54) is 11.1 Å². The molecular weight excluding hydrogens is 326 g/mol. The van der Waals surface area contributed by atoms with Crippen LogP contribution in [0.15, 0.2) is 10.5 Å². The maximum Gasteiger partial charge on any atom is 0.138 e. The zero-order valence-corrected chi connectivity index (χ0v) is 14.2. The largest absolute Gasteiger partial charge is 0.496 e. The average Bonchev–Trinajstić information content (AvgIpc) is 2.41. The highest BCUT2D eigenvalue weighted by Gasteiger charge is 2.32. The smallest absolute Gasteiger partial charge is 0.138 e. The molecule has 0 bridgehead atoms. The van der Waals surface area contributed by atoms with Crippen molar-refractivity contribution in [3.63, 3.8) is 0 Å². The van der Waals surface area contributed by atoms with Crippen molar-refractivity contribution in [1.82, 2.24) is 5.32 Å². The number of ether oxygens (including phenoxy) is 2. The van der Waals surface area contributed by atoms with Crippen LogP contribution in [0.2, 0.25) is 0 Å². The van der Waals surface area contributed by atoms with Crippen LogP contribution >= 0.6 is 27.7 Å². The van der Waals surface area contributed by atoms with E-state index in [0.29, 0.717) is 11.3 Å². The van der Waals surface area contributed by atoms with E-state index in [-0.39, 0.29) is 0 Å². The number of methoxy groups -OCH3 is 2. The molecule has 1 aliphatic rings. The molecule has 0 aliphatic carbocycles. The minimum Gasteiger partial charge on any atom is -0.496 e. The van der Waals surface area contributed by atoms with Gasteiger partial charge in [0.25, 0.3) is 0 Å². The summed E-state index contributed by atoms with van der Waals surface area (Å²) in [6.07, 6.45) is 0. The van der Waals surface area contributed by atoms with Gasteiger partial charge in [-0.3, -0.25) is 0 Å². The van der Waals surface area contributed by atoms with Crippen LogP contribution in [-0.4, -0.2) is 26.0 Å². The zero-order chi connectivity index (χ0) is 14.0. The Labute approximate surface area is 127 Å². The number of thioether (sulfide) groups is 1. The minimum absolute atomic E-state index is 0.292. The molecule has 0 saturated carbocycles. The van der Waals surface area contributed by atoms with Crippen LogP contribution in [0.25, 0.3) is 0 Å². The summed E-state index contributed by atoms with van der Waals surface area (Å²) >= 11 is 5.54. The quantitative estimate of drug-likeness (QED) is 0.900. The molecule has 1 N–H and O–H groups in total. The highest BCUT2D eigenvalue weighted by atomic mass is 79.9. The molecule has 0 aromatic heterocycles. The van der Waals surface area contributed by atoms with Gasteiger partial charge in [0.1, 0.15) is 11.5 Å². The molecule has 0 fully saturated rings. The van der Waals surface area contributed by atoms with Crippen LogP contribution in [0.1, 0.15) is 31.0 Å². The molecule has 1 heterocycles. The third kappa shape index (κ3) is 2.73. The van der Waals surface area contributed by atoms with Crippen LogP contribution in [0, 0.1) is 0 Å². The lowest BCUT2D eigenvalue weighted by Crippen LogP contribution is -2.32. The second-order valence-corrected chi connectivity index (χ2v) is 6.76. The molecule has 5 heteroatoms. The number of rotatable bonds is 4. The summed E-state index contributed by atoms with van der Waals surface area (Å²) in [5.41, 5.74) is 2.48. The maximum absolute atomic E-state index is 5.62. The second-order valence-electron chi connectivity index (χ2n) is 4.54. The zero-order valence-electron chi connectivity index (χ0n) is 11.7. The van der Waals surface area contributed by atoms with E-state index in [1.807, 2.05) is 17.8 Å². The number of halogens is 1. The van der Waals surface area contributed by atoms with Crippen molar-refractivity contribution in [3.8, 4) is 11.5 Å². The van der Waals surface area contributed by atoms with Crippen molar-refractivity contribution in [3.05, 3.63) is 21.7 Å². The Morgan fingerprint density at radius 3 is 2.74 bits per heavy atom.